The van der Waals surface area contributed by atoms with Gasteiger partial charge in [-0.1, -0.05) is 103 Å². The van der Waals surface area contributed by atoms with Gasteiger partial charge in [-0.3, -0.25) is 9.69 Å². The number of aldehydes is 1. The average molecular weight is 835 g/mol. The fourth-order valence-corrected chi connectivity index (χ4v) is 11.0. The van der Waals surface area contributed by atoms with Crippen LogP contribution in [0.25, 0.3) is 11.1 Å². The van der Waals surface area contributed by atoms with Crippen LogP contribution < -0.4 is 10.2 Å². The van der Waals surface area contributed by atoms with Crippen molar-refractivity contribution in [2.75, 3.05) is 63.6 Å². The fourth-order valence-electron chi connectivity index (χ4n) is 10.1. The third-order valence-electron chi connectivity index (χ3n) is 14.1. The smallest absolute Gasteiger partial charge is 0.251 e. The van der Waals surface area contributed by atoms with Crippen LogP contribution >= 0.6 is 0 Å². The Bertz CT molecular complexity index is 1710. The molecule has 3 fully saturated rings. The number of benzene rings is 2. The lowest BCUT2D eigenvalue weighted by molar-refractivity contribution is -0.112. The number of morpholine rings is 1. The quantitative estimate of drug-likeness (QED) is 0.159. The van der Waals surface area contributed by atoms with Crippen molar-refractivity contribution in [3.8, 4) is 11.1 Å². The van der Waals surface area contributed by atoms with Crippen molar-refractivity contribution >= 4 is 27.9 Å². The first-order chi connectivity index (χ1) is 28.3. The number of anilines is 1. The number of amides is 1. The lowest BCUT2D eigenvalue weighted by atomic mass is 9.74. The van der Waals surface area contributed by atoms with Gasteiger partial charge in [0.2, 0.25) is 10.0 Å². The van der Waals surface area contributed by atoms with Crippen molar-refractivity contribution in [1.82, 2.24) is 14.5 Å². The van der Waals surface area contributed by atoms with E-state index < -0.39 is 10.0 Å². The van der Waals surface area contributed by atoms with Crippen LogP contribution in [0.3, 0.4) is 0 Å². The molecule has 2 aromatic rings. The summed E-state index contributed by atoms with van der Waals surface area (Å²) >= 11 is 0. The van der Waals surface area contributed by atoms with E-state index in [-0.39, 0.29) is 23.8 Å². The summed E-state index contributed by atoms with van der Waals surface area (Å²) in [6, 6.07) is 13.0. The number of hydrogen-bond donors (Lipinski definition) is 1. The predicted molar refractivity (Wildman–Crippen MR) is 244 cm³/mol. The molecule has 5 rings (SSSR count). The van der Waals surface area contributed by atoms with Gasteiger partial charge in [-0.25, -0.2) is 12.7 Å². The summed E-state index contributed by atoms with van der Waals surface area (Å²) < 4.78 is 31.8. The molecule has 59 heavy (non-hydrogen) atoms. The van der Waals surface area contributed by atoms with E-state index in [1.807, 2.05) is 13.0 Å². The first-order valence-electron chi connectivity index (χ1n) is 23.3. The maximum absolute atomic E-state index is 14.3. The highest BCUT2D eigenvalue weighted by atomic mass is 32.2. The van der Waals surface area contributed by atoms with E-state index in [9.17, 15) is 18.0 Å². The minimum atomic E-state index is -3.25. The molecule has 1 amide bonds. The number of ether oxygens (including phenoxy) is 1. The van der Waals surface area contributed by atoms with Gasteiger partial charge in [-0.05, 0) is 104 Å². The van der Waals surface area contributed by atoms with Crippen molar-refractivity contribution in [2.45, 2.75) is 144 Å². The predicted octanol–water partition coefficient (Wildman–Crippen LogP) is 9.65. The third-order valence-corrected chi connectivity index (χ3v) is 15.4. The van der Waals surface area contributed by atoms with Crippen molar-refractivity contribution in [3.05, 3.63) is 53.1 Å². The number of carbonyl (C=O) groups is 2. The van der Waals surface area contributed by atoms with Gasteiger partial charge >= 0.3 is 0 Å². The lowest BCUT2D eigenvalue weighted by Crippen LogP contribution is -2.47. The molecule has 10 heteroatoms. The Morgan fingerprint density at radius 2 is 1.54 bits per heavy atom. The summed E-state index contributed by atoms with van der Waals surface area (Å²) in [5.74, 6) is 0.257. The molecule has 9 nitrogen and oxygen atoms in total. The number of nitrogens with zero attached hydrogens (tertiary/aromatic N) is 3. The maximum Gasteiger partial charge on any atom is 0.251 e. The summed E-state index contributed by atoms with van der Waals surface area (Å²) in [6.45, 7) is 17.5. The monoisotopic (exact) mass is 835 g/mol. The molecule has 1 aliphatic carbocycles. The third kappa shape index (κ3) is 14.1. The topological polar surface area (TPSA) is 99.3 Å². The van der Waals surface area contributed by atoms with Crippen LogP contribution in [0, 0.1) is 30.1 Å². The average Bonchev–Trinajstić information content (AvgIpc) is 3.27. The van der Waals surface area contributed by atoms with E-state index in [1.165, 1.54) is 88.9 Å². The highest BCUT2D eigenvalue weighted by Gasteiger charge is 2.31. The van der Waals surface area contributed by atoms with Crippen LogP contribution in [-0.2, 0) is 26.1 Å². The second kappa shape index (κ2) is 22.9. The van der Waals surface area contributed by atoms with Gasteiger partial charge in [0.05, 0.1) is 19.5 Å². The first-order valence-corrected chi connectivity index (χ1v) is 25.1. The SMILES string of the molecule is CCN(c1cc(-c2ccc(CN3CCOCC3)cc2)cc(C(=O)NCC(C=O)C(C)CC(C)CCC2(C)CCCCCCCCCC2)c1C)C1CCN(S(C)(=O)=O)CC1. The van der Waals surface area contributed by atoms with E-state index >= 15 is 0 Å². The van der Waals surface area contributed by atoms with Gasteiger partial charge in [0.15, 0.2) is 0 Å². The van der Waals surface area contributed by atoms with E-state index in [0.717, 1.165) is 87.3 Å². The molecule has 2 aliphatic heterocycles. The van der Waals surface area contributed by atoms with Crippen LogP contribution in [-0.4, -0.2) is 94.6 Å². The molecule has 3 unspecified atom stereocenters. The van der Waals surface area contributed by atoms with E-state index in [0.29, 0.717) is 36.5 Å². The molecule has 3 aliphatic rings. The lowest BCUT2D eigenvalue weighted by Gasteiger charge is -2.39. The fraction of sp³-hybridized carbons (Fsp3) is 0.714. The number of rotatable bonds is 17. The minimum Gasteiger partial charge on any atom is -0.379 e. The Hall–Kier alpha value is -2.79. The van der Waals surface area contributed by atoms with Gasteiger partial charge in [0.25, 0.3) is 5.91 Å². The van der Waals surface area contributed by atoms with Crippen molar-refractivity contribution in [3.63, 3.8) is 0 Å². The second-order valence-corrected chi connectivity index (χ2v) is 20.9. The second-order valence-electron chi connectivity index (χ2n) is 18.9. The van der Waals surface area contributed by atoms with Crippen molar-refractivity contribution in [2.24, 2.45) is 23.2 Å². The van der Waals surface area contributed by atoms with Gasteiger partial charge in [-0.15, -0.1) is 0 Å². The molecule has 0 aromatic heterocycles. The number of nitrogens with one attached hydrogen (secondary N) is 1. The molecule has 330 valence electrons. The van der Waals surface area contributed by atoms with Gasteiger partial charge in [0.1, 0.15) is 6.29 Å². The van der Waals surface area contributed by atoms with Crippen LogP contribution in [0.2, 0.25) is 0 Å². The molecule has 0 spiro atoms. The zero-order valence-electron chi connectivity index (χ0n) is 37.6. The summed E-state index contributed by atoms with van der Waals surface area (Å²) in [5.41, 5.74) is 6.17. The summed E-state index contributed by atoms with van der Waals surface area (Å²) in [5, 5.41) is 3.21. The van der Waals surface area contributed by atoms with E-state index in [1.54, 1.807) is 4.31 Å². The molecule has 1 saturated carbocycles. The first kappa shape index (κ1) is 47.3. The standard InChI is InChI=1S/C49H78N4O5S/c1-7-53(45-21-26-52(27-22-45)59(6,56)57)47-34-43(42-18-16-41(17-19-42)36-51-28-30-58-31-29-51)33-46(40(47)4)48(55)50-35-44(37-54)39(3)32-38(2)20-25-49(5)23-14-12-10-8-9-11-13-15-24-49/h16-19,33-34,37-39,44-45H,7-15,20-32,35-36H2,1-6H3,(H,50,55). The van der Waals surface area contributed by atoms with Crippen molar-refractivity contribution in [1.29, 1.82) is 0 Å². The summed E-state index contributed by atoms with van der Waals surface area (Å²) in [4.78, 5) is 31.6. The molecule has 2 heterocycles. The van der Waals surface area contributed by atoms with Gasteiger partial charge in [0, 0.05) is 69.0 Å². The summed E-state index contributed by atoms with van der Waals surface area (Å²) in [7, 11) is -3.25. The Balaban J connectivity index is 1.29. The van der Waals surface area contributed by atoms with Crippen molar-refractivity contribution < 1.29 is 22.7 Å². The maximum atomic E-state index is 14.3. The Labute approximate surface area is 358 Å². The van der Waals surface area contributed by atoms with Crippen LogP contribution in [0.15, 0.2) is 36.4 Å². The molecule has 1 N–H and O–H groups in total. The van der Waals surface area contributed by atoms with Crippen LogP contribution in [0.4, 0.5) is 5.69 Å². The van der Waals surface area contributed by atoms with E-state index in [4.69, 9.17) is 4.74 Å². The number of sulfonamides is 1. The number of piperidine rings is 1. The highest BCUT2D eigenvalue weighted by molar-refractivity contribution is 7.88. The molecular formula is C49H78N4O5S. The Morgan fingerprint density at radius 3 is 2.12 bits per heavy atom. The molecule has 3 atom stereocenters. The minimum absolute atomic E-state index is 0.147. The zero-order valence-corrected chi connectivity index (χ0v) is 38.4. The Morgan fingerprint density at radius 1 is 0.932 bits per heavy atom. The van der Waals surface area contributed by atoms with Crippen LogP contribution in [0.5, 0.6) is 0 Å². The molecule has 2 saturated heterocycles. The zero-order chi connectivity index (χ0) is 42.4. The van der Waals surface area contributed by atoms with E-state index in [2.05, 4.69) is 73.1 Å². The van der Waals surface area contributed by atoms with Gasteiger partial charge < -0.3 is 19.7 Å². The molecular weight excluding hydrogens is 757 g/mol. The highest BCUT2D eigenvalue weighted by Crippen LogP contribution is 2.39. The van der Waals surface area contributed by atoms with Crippen LogP contribution in [0.1, 0.15) is 145 Å². The Kier molecular flexibility index (Phi) is 18.3. The van der Waals surface area contributed by atoms with Gasteiger partial charge in [-0.2, -0.15) is 0 Å². The summed E-state index contributed by atoms with van der Waals surface area (Å²) in [6.07, 6.45) is 20.9. The molecule has 0 bridgehead atoms. The number of carbonyl (C=O) groups excluding carboxylic acids is 2. The largest absolute Gasteiger partial charge is 0.379 e. The molecule has 0 radical (unpaired) electrons. The molecule has 2 aromatic carbocycles. The number of hydrogen-bond acceptors (Lipinski definition) is 7. The normalized spacial score (nSPS) is 20.8.